The first-order valence-electron chi connectivity index (χ1n) is 5.52. The van der Waals surface area contributed by atoms with Crippen molar-refractivity contribution in [1.82, 2.24) is 0 Å². The van der Waals surface area contributed by atoms with Crippen LogP contribution in [0.4, 0.5) is 0 Å². The van der Waals surface area contributed by atoms with Crippen molar-refractivity contribution in [3.05, 3.63) is 30.3 Å². The Morgan fingerprint density at radius 1 is 0.938 bits per heavy atom. The monoisotopic (exact) mass is 244 g/mol. The van der Waals surface area contributed by atoms with E-state index in [1.807, 2.05) is 18.2 Å². The van der Waals surface area contributed by atoms with Crippen LogP contribution in [0.15, 0.2) is 30.3 Å². The van der Waals surface area contributed by atoms with E-state index in [1.165, 1.54) is 0 Å². The second-order valence-corrected chi connectivity index (χ2v) is 9.06. The maximum absolute atomic E-state index is 10.5. The summed E-state index contributed by atoms with van der Waals surface area (Å²) in [5, 5.41) is 0. The molecule has 0 aliphatic heterocycles. The van der Waals surface area contributed by atoms with E-state index in [1.54, 1.807) is 39.8 Å². The Balaban J connectivity index is 3.07. The number of benzene rings is 1. The van der Waals surface area contributed by atoms with Crippen molar-refractivity contribution in [2.24, 2.45) is 0 Å². The van der Waals surface area contributed by atoms with Crippen molar-refractivity contribution < 1.29 is 14.3 Å². The van der Waals surface area contributed by atoms with E-state index in [4.69, 9.17) is 4.52 Å². The van der Waals surface area contributed by atoms with Crippen LogP contribution >= 0.6 is 7.28 Å². The van der Waals surface area contributed by atoms with E-state index in [2.05, 4.69) is 0 Å². The summed E-state index contributed by atoms with van der Waals surface area (Å²) in [6, 6.07) is 8.96. The van der Waals surface area contributed by atoms with E-state index < -0.39 is 7.28 Å². The Labute approximate surface area is 97.3 Å². The van der Waals surface area contributed by atoms with E-state index in [-0.39, 0.29) is 11.3 Å². The first-order chi connectivity index (χ1) is 7.26. The van der Waals surface area contributed by atoms with Crippen LogP contribution < -0.4 is 4.52 Å². The van der Waals surface area contributed by atoms with Crippen LogP contribution in [0.25, 0.3) is 0 Å². The molecule has 0 aromatic heterocycles. The van der Waals surface area contributed by atoms with Gasteiger partial charge in [0.25, 0.3) is 0 Å². The minimum atomic E-state index is -4.12. The Morgan fingerprint density at radius 3 is 1.75 bits per heavy atom. The van der Waals surface area contributed by atoms with Crippen LogP contribution in [0.2, 0.25) is 0 Å². The van der Waals surface area contributed by atoms with Gasteiger partial charge in [-0.05, 0) is 0 Å². The number of hydrogen-bond acceptors (Lipinski definition) is 3. The van der Waals surface area contributed by atoms with Crippen molar-refractivity contribution in [1.29, 1.82) is 0 Å². The van der Waals surface area contributed by atoms with E-state index >= 15 is 0 Å². The number of hydrogen-bond donors (Lipinski definition) is 2. The molecule has 0 bridgehead atoms. The second-order valence-electron chi connectivity index (χ2n) is 4.67. The molecule has 0 radical (unpaired) electrons. The van der Waals surface area contributed by atoms with E-state index in [9.17, 15) is 9.79 Å². The van der Waals surface area contributed by atoms with Gasteiger partial charge in [-0.15, -0.1) is 0 Å². The maximum atomic E-state index is 10.5. The molecule has 1 aromatic carbocycles. The van der Waals surface area contributed by atoms with Crippen LogP contribution in [0.5, 0.6) is 5.75 Å². The van der Waals surface area contributed by atoms with E-state index in [0.29, 0.717) is 5.75 Å². The molecule has 0 saturated carbocycles. The van der Waals surface area contributed by atoms with E-state index in [0.717, 1.165) is 0 Å². The van der Waals surface area contributed by atoms with Gasteiger partial charge in [0, 0.05) is 0 Å². The normalized spacial score (nSPS) is 14.9. The second kappa shape index (κ2) is 4.33. The van der Waals surface area contributed by atoms with Gasteiger partial charge in [0.2, 0.25) is 0 Å². The molecule has 0 heterocycles. The molecule has 3 nitrogen and oxygen atoms in total. The van der Waals surface area contributed by atoms with Gasteiger partial charge in [0.05, 0.1) is 0 Å². The number of rotatable bonds is 4. The first-order valence-corrected chi connectivity index (χ1v) is 7.72. The summed E-state index contributed by atoms with van der Waals surface area (Å²) in [6.45, 7) is 7.11. The molecule has 16 heavy (non-hydrogen) atoms. The molecule has 4 heteroatoms. The van der Waals surface area contributed by atoms with Crippen LogP contribution in [0.1, 0.15) is 27.7 Å². The summed E-state index contributed by atoms with van der Waals surface area (Å²) < 4.78 is 5.55. The topological polar surface area (TPSA) is 49.7 Å². The molecule has 0 spiro atoms. The molecule has 92 valence electrons. The summed E-state index contributed by atoms with van der Waals surface area (Å²) in [5.74, 6) is 0.507. The average molecular weight is 244 g/mol. The average Bonchev–Trinajstić information content (AvgIpc) is 2.18. The van der Waals surface area contributed by atoms with Gasteiger partial charge < -0.3 is 0 Å². The molecule has 1 rings (SSSR count). The first kappa shape index (κ1) is 13.4. The van der Waals surface area contributed by atoms with Crippen molar-refractivity contribution in [3.63, 3.8) is 0 Å². The summed E-state index contributed by atoms with van der Waals surface area (Å²) in [5.41, 5.74) is -0.627. The molecule has 1 aromatic rings. The molecular weight excluding hydrogens is 223 g/mol. The van der Waals surface area contributed by atoms with Crippen LogP contribution in [-0.2, 0) is 0 Å². The molecule has 0 atom stereocenters. The molecule has 2 N–H and O–H groups in total. The third-order valence-electron chi connectivity index (χ3n) is 2.98. The van der Waals surface area contributed by atoms with Crippen LogP contribution in [0, 0.1) is 0 Å². The van der Waals surface area contributed by atoms with Gasteiger partial charge in [-0.25, -0.2) is 0 Å². The molecule has 0 amide bonds. The standard InChI is InChI=1S/C12H21O3P/c1-10(2)16(13,14,11(3)4)15-12-8-6-5-7-9-12/h5-11,13-14H,1-4H3. The third kappa shape index (κ3) is 2.37. The van der Waals surface area contributed by atoms with Gasteiger partial charge in [-0.3, -0.25) is 0 Å². The van der Waals surface area contributed by atoms with Crippen molar-refractivity contribution in [2.75, 3.05) is 0 Å². The minimum absolute atomic E-state index is 0.314. The van der Waals surface area contributed by atoms with Crippen LogP contribution in [-0.4, -0.2) is 21.1 Å². The quantitative estimate of drug-likeness (QED) is 0.800. The Morgan fingerprint density at radius 2 is 1.38 bits per heavy atom. The van der Waals surface area contributed by atoms with Gasteiger partial charge in [0.15, 0.2) is 0 Å². The molecule has 0 fully saturated rings. The van der Waals surface area contributed by atoms with Gasteiger partial charge >= 0.3 is 96.7 Å². The SMILES string of the molecule is CC(C)P(O)(O)(Oc1ccccc1)C(C)C. The zero-order valence-electron chi connectivity index (χ0n) is 10.3. The fraction of sp³-hybridized carbons (Fsp3) is 0.500. The van der Waals surface area contributed by atoms with Crippen molar-refractivity contribution in [3.8, 4) is 5.75 Å². The predicted molar refractivity (Wildman–Crippen MR) is 68.7 cm³/mol. The molecule has 0 unspecified atom stereocenters. The Bertz CT molecular complexity index is 335. The molecule has 0 aliphatic rings. The van der Waals surface area contributed by atoms with Gasteiger partial charge in [-0.2, -0.15) is 0 Å². The van der Waals surface area contributed by atoms with Gasteiger partial charge in [0.1, 0.15) is 0 Å². The number of para-hydroxylation sites is 1. The summed E-state index contributed by atoms with van der Waals surface area (Å²) >= 11 is 0. The zero-order chi connectivity index (χ0) is 12.4. The van der Waals surface area contributed by atoms with Crippen molar-refractivity contribution >= 4 is 7.28 Å². The Hall–Kier alpha value is -0.630. The summed E-state index contributed by atoms with van der Waals surface area (Å²) in [7, 11) is -4.12. The third-order valence-corrected chi connectivity index (χ3v) is 7.45. The zero-order valence-corrected chi connectivity index (χ0v) is 11.2. The molecule has 0 saturated heterocycles. The van der Waals surface area contributed by atoms with Gasteiger partial charge in [-0.1, -0.05) is 0 Å². The fourth-order valence-corrected chi connectivity index (χ4v) is 3.67. The van der Waals surface area contributed by atoms with Crippen molar-refractivity contribution in [2.45, 2.75) is 39.0 Å². The molecule has 0 aliphatic carbocycles. The summed E-state index contributed by atoms with van der Waals surface area (Å²) in [6.07, 6.45) is 0. The molecular formula is C12H21O3P. The summed E-state index contributed by atoms with van der Waals surface area (Å²) in [4.78, 5) is 21.1. The Kier molecular flexibility index (Phi) is 3.63. The van der Waals surface area contributed by atoms with Crippen LogP contribution in [0.3, 0.4) is 0 Å². The predicted octanol–water partition coefficient (Wildman–Crippen LogP) is 3.17. The fourth-order valence-electron chi connectivity index (χ4n) is 1.50.